The molecule has 0 radical (unpaired) electrons. The van der Waals surface area contributed by atoms with Gasteiger partial charge in [0.1, 0.15) is 6.10 Å². The molecule has 0 spiro atoms. The van der Waals surface area contributed by atoms with Gasteiger partial charge in [0.2, 0.25) is 0 Å². The van der Waals surface area contributed by atoms with Crippen LogP contribution in [0.4, 0.5) is 0 Å². The van der Waals surface area contributed by atoms with Crippen LogP contribution in [-0.4, -0.2) is 37.5 Å². The highest BCUT2D eigenvalue weighted by molar-refractivity contribution is 5.98. The second-order valence-corrected chi connectivity index (χ2v) is 4.03. The largest absolute Gasteiger partial charge is 0.380 e. The van der Waals surface area contributed by atoms with E-state index < -0.39 is 11.9 Å². The molecule has 14 heavy (non-hydrogen) atoms. The maximum atomic E-state index is 11.5. The summed E-state index contributed by atoms with van der Waals surface area (Å²) in [7, 11) is 1.60. The Morgan fingerprint density at radius 1 is 1.43 bits per heavy atom. The van der Waals surface area contributed by atoms with Crippen molar-refractivity contribution in [2.75, 3.05) is 13.7 Å². The Bertz CT molecular complexity index is 292. The van der Waals surface area contributed by atoms with E-state index in [2.05, 4.69) is 0 Å². The van der Waals surface area contributed by atoms with Gasteiger partial charge in [0.05, 0.1) is 6.61 Å². The second-order valence-electron chi connectivity index (χ2n) is 4.03. The first-order valence-electron chi connectivity index (χ1n) is 4.62. The molecule has 1 aliphatic carbocycles. The van der Waals surface area contributed by atoms with Gasteiger partial charge < -0.3 is 14.2 Å². The molecular formula is C10H14O4. The van der Waals surface area contributed by atoms with Gasteiger partial charge >= 0.3 is 0 Å². The molecule has 2 aliphatic rings. The SMILES string of the molecule is COCC1=CC(=O)[C@H]2OC(C)(C)O[C@@H]12. The van der Waals surface area contributed by atoms with Crippen LogP contribution in [-0.2, 0) is 19.0 Å². The normalized spacial score (nSPS) is 34.5. The van der Waals surface area contributed by atoms with Gasteiger partial charge in [-0.25, -0.2) is 0 Å². The number of rotatable bonds is 2. The van der Waals surface area contributed by atoms with Crippen LogP contribution in [0.15, 0.2) is 11.6 Å². The molecule has 2 rings (SSSR count). The van der Waals surface area contributed by atoms with Crippen LogP contribution in [0.1, 0.15) is 13.8 Å². The molecule has 2 atom stereocenters. The average molecular weight is 198 g/mol. The fourth-order valence-corrected chi connectivity index (χ4v) is 1.88. The lowest BCUT2D eigenvalue weighted by molar-refractivity contribution is -0.153. The number of methoxy groups -OCH3 is 1. The van der Waals surface area contributed by atoms with E-state index in [0.717, 1.165) is 5.57 Å². The van der Waals surface area contributed by atoms with Gasteiger partial charge in [-0.2, -0.15) is 0 Å². The Balaban J connectivity index is 2.18. The molecule has 0 unspecified atom stereocenters. The van der Waals surface area contributed by atoms with Crippen molar-refractivity contribution in [3.63, 3.8) is 0 Å². The van der Waals surface area contributed by atoms with Crippen molar-refractivity contribution in [3.05, 3.63) is 11.6 Å². The van der Waals surface area contributed by atoms with Crippen LogP contribution >= 0.6 is 0 Å². The van der Waals surface area contributed by atoms with Crippen LogP contribution in [0.5, 0.6) is 0 Å². The minimum absolute atomic E-state index is 0.0207. The minimum atomic E-state index is -0.668. The topological polar surface area (TPSA) is 44.8 Å². The molecule has 78 valence electrons. The zero-order valence-electron chi connectivity index (χ0n) is 8.57. The van der Waals surface area contributed by atoms with Gasteiger partial charge in [-0.15, -0.1) is 0 Å². The summed E-state index contributed by atoms with van der Waals surface area (Å²) < 4.78 is 16.1. The summed E-state index contributed by atoms with van der Waals surface area (Å²) in [5, 5.41) is 0. The zero-order valence-corrected chi connectivity index (χ0v) is 8.57. The van der Waals surface area contributed by atoms with Crippen molar-refractivity contribution in [1.82, 2.24) is 0 Å². The summed E-state index contributed by atoms with van der Waals surface area (Å²) in [6.45, 7) is 4.04. The molecule has 1 saturated heterocycles. The molecule has 4 heteroatoms. The standard InChI is InChI=1S/C10H14O4/c1-10(2)13-8-6(5-12-3)4-7(11)9(8)14-10/h4,8-9H,5H2,1-3H3/t8-,9+/m0/s1. The fraction of sp³-hybridized carbons (Fsp3) is 0.700. The second kappa shape index (κ2) is 3.15. The number of ether oxygens (including phenoxy) is 3. The fourth-order valence-electron chi connectivity index (χ4n) is 1.88. The highest BCUT2D eigenvalue weighted by Crippen LogP contribution is 2.36. The third-order valence-electron chi connectivity index (χ3n) is 2.38. The van der Waals surface area contributed by atoms with E-state index in [1.165, 1.54) is 0 Å². The lowest BCUT2D eigenvalue weighted by Gasteiger charge is -2.17. The zero-order chi connectivity index (χ0) is 10.3. The van der Waals surface area contributed by atoms with Crippen LogP contribution in [0, 0.1) is 0 Å². The number of fused-ring (bicyclic) bond motifs is 1. The van der Waals surface area contributed by atoms with Gasteiger partial charge in [0.15, 0.2) is 17.7 Å². The average Bonchev–Trinajstić information content (AvgIpc) is 2.51. The lowest BCUT2D eigenvalue weighted by atomic mass is 10.2. The molecular weight excluding hydrogens is 184 g/mol. The summed E-state index contributed by atoms with van der Waals surface area (Å²) in [5.41, 5.74) is 0.869. The molecule has 0 aromatic carbocycles. The van der Waals surface area contributed by atoms with E-state index in [-0.39, 0.29) is 11.9 Å². The Morgan fingerprint density at radius 2 is 2.07 bits per heavy atom. The Hall–Kier alpha value is -0.710. The molecule has 0 amide bonds. The highest BCUT2D eigenvalue weighted by atomic mass is 16.8. The number of carbonyl (C=O) groups excluding carboxylic acids is 1. The predicted molar refractivity (Wildman–Crippen MR) is 48.8 cm³/mol. The van der Waals surface area contributed by atoms with E-state index in [0.29, 0.717) is 6.61 Å². The first kappa shape index (κ1) is 9.83. The summed E-state index contributed by atoms with van der Waals surface area (Å²) in [6, 6.07) is 0. The first-order chi connectivity index (χ1) is 6.53. The van der Waals surface area contributed by atoms with Crippen molar-refractivity contribution in [2.45, 2.75) is 31.8 Å². The summed E-state index contributed by atoms with van der Waals surface area (Å²) in [5.74, 6) is -0.689. The van der Waals surface area contributed by atoms with E-state index in [1.54, 1.807) is 13.2 Å². The molecule has 1 heterocycles. The van der Waals surface area contributed by atoms with E-state index in [9.17, 15) is 4.79 Å². The van der Waals surface area contributed by atoms with Gasteiger partial charge in [0.25, 0.3) is 0 Å². The molecule has 4 nitrogen and oxygen atoms in total. The lowest BCUT2D eigenvalue weighted by Crippen LogP contribution is -2.25. The smallest absolute Gasteiger partial charge is 0.187 e. The molecule has 0 N–H and O–H groups in total. The van der Waals surface area contributed by atoms with Crippen molar-refractivity contribution in [2.24, 2.45) is 0 Å². The summed E-state index contributed by atoms with van der Waals surface area (Å²) in [6.07, 6.45) is 0.848. The van der Waals surface area contributed by atoms with Crippen molar-refractivity contribution in [1.29, 1.82) is 0 Å². The third-order valence-corrected chi connectivity index (χ3v) is 2.38. The monoisotopic (exact) mass is 198 g/mol. The quantitative estimate of drug-likeness (QED) is 0.654. The van der Waals surface area contributed by atoms with Crippen LogP contribution < -0.4 is 0 Å². The maximum absolute atomic E-state index is 11.5. The Morgan fingerprint density at radius 3 is 2.71 bits per heavy atom. The van der Waals surface area contributed by atoms with E-state index >= 15 is 0 Å². The summed E-state index contributed by atoms with van der Waals surface area (Å²) >= 11 is 0. The van der Waals surface area contributed by atoms with E-state index in [1.807, 2.05) is 13.8 Å². The molecule has 0 aromatic heterocycles. The number of hydrogen-bond donors (Lipinski definition) is 0. The summed E-state index contributed by atoms with van der Waals surface area (Å²) in [4.78, 5) is 11.5. The molecule has 0 aromatic rings. The third kappa shape index (κ3) is 1.49. The number of ketones is 1. The Labute approximate surface area is 82.8 Å². The number of hydrogen-bond acceptors (Lipinski definition) is 4. The molecule has 1 aliphatic heterocycles. The van der Waals surface area contributed by atoms with Gasteiger partial charge in [-0.1, -0.05) is 0 Å². The highest BCUT2D eigenvalue weighted by Gasteiger charge is 2.49. The van der Waals surface area contributed by atoms with Crippen LogP contribution in [0.2, 0.25) is 0 Å². The first-order valence-corrected chi connectivity index (χ1v) is 4.62. The van der Waals surface area contributed by atoms with Crippen LogP contribution in [0.3, 0.4) is 0 Å². The molecule has 0 saturated carbocycles. The van der Waals surface area contributed by atoms with Gasteiger partial charge in [0, 0.05) is 7.11 Å². The van der Waals surface area contributed by atoms with E-state index in [4.69, 9.17) is 14.2 Å². The minimum Gasteiger partial charge on any atom is -0.380 e. The molecule has 1 fully saturated rings. The van der Waals surface area contributed by atoms with Crippen molar-refractivity contribution >= 4 is 5.78 Å². The molecule has 0 bridgehead atoms. The number of carbonyl (C=O) groups is 1. The predicted octanol–water partition coefficient (Wildman–Crippen LogP) is 0.662. The van der Waals surface area contributed by atoms with Gasteiger partial charge in [-0.3, -0.25) is 4.79 Å². The maximum Gasteiger partial charge on any atom is 0.187 e. The van der Waals surface area contributed by atoms with Crippen molar-refractivity contribution in [3.8, 4) is 0 Å². The van der Waals surface area contributed by atoms with Gasteiger partial charge in [-0.05, 0) is 25.5 Å². The van der Waals surface area contributed by atoms with Crippen LogP contribution in [0.25, 0.3) is 0 Å². The Kier molecular flexibility index (Phi) is 2.21. The van der Waals surface area contributed by atoms with Crippen molar-refractivity contribution < 1.29 is 19.0 Å².